The first kappa shape index (κ1) is 13.1. The molecule has 0 atom stereocenters. The van der Waals surface area contributed by atoms with Crippen LogP contribution in [-0.4, -0.2) is 35.0 Å². The Balaban J connectivity index is 1.99. The highest BCUT2D eigenvalue weighted by molar-refractivity contribution is 5.99. The molecule has 0 amide bonds. The molecule has 0 N–H and O–H groups in total. The van der Waals surface area contributed by atoms with Gasteiger partial charge in [-0.05, 0) is 18.8 Å². The molecule has 0 aromatic carbocycles. The van der Waals surface area contributed by atoms with E-state index in [1.165, 1.54) is 4.68 Å². The number of ether oxygens (including phenoxy) is 1. The van der Waals surface area contributed by atoms with Crippen molar-refractivity contribution < 1.29 is 22.7 Å². The van der Waals surface area contributed by atoms with Crippen molar-refractivity contribution in [1.29, 1.82) is 0 Å². The highest BCUT2D eigenvalue weighted by Gasteiger charge is 2.40. The first-order valence-electron chi connectivity index (χ1n) is 5.68. The van der Waals surface area contributed by atoms with E-state index in [1.54, 1.807) is 0 Å². The molecule has 100 valence electrons. The number of alkyl halides is 3. The average molecular weight is 262 g/mol. The van der Waals surface area contributed by atoms with Crippen LogP contribution in [0.1, 0.15) is 23.2 Å². The van der Waals surface area contributed by atoms with Crippen LogP contribution in [0.3, 0.4) is 0 Å². The summed E-state index contributed by atoms with van der Waals surface area (Å²) >= 11 is 0. The third-order valence-electron chi connectivity index (χ3n) is 2.94. The molecule has 1 saturated heterocycles. The molecule has 0 radical (unpaired) electrons. The van der Waals surface area contributed by atoms with Gasteiger partial charge in [-0.25, -0.2) is 0 Å². The van der Waals surface area contributed by atoms with E-state index >= 15 is 0 Å². The Morgan fingerprint density at radius 3 is 2.72 bits per heavy atom. The van der Waals surface area contributed by atoms with Gasteiger partial charge in [-0.2, -0.15) is 18.3 Å². The van der Waals surface area contributed by atoms with Gasteiger partial charge in [0.15, 0.2) is 0 Å². The fourth-order valence-corrected chi connectivity index (χ4v) is 1.94. The molecule has 0 saturated carbocycles. The smallest absolute Gasteiger partial charge is 0.381 e. The van der Waals surface area contributed by atoms with Gasteiger partial charge in [0.2, 0.25) is 0 Å². The minimum atomic E-state index is -4.84. The zero-order valence-electron chi connectivity index (χ0n) is 9.61. The Hall–Kier alpha value is -1.37. The number of aromatic nitrogens is 2. The van der Waals surface area contributed by atoms with Gasteiger partial charge in [-0.1, -0.05) is 0 Å². The second-order valence-corrected chi connectivity index (χ2v) is 4.33. The standard InChI is InChI=1S/C11H13F3N2O2/c12-11(13,14)10(17)9-5-15-16(7-9)6-8-1-3-18-4-2-8/h5,7-8H,1-4,6H2. The predicted octanol–water partition coefficient (Wildman–Crippen LogP) is 2.05. The Bertz CT molecular complexity index is 422. The molecule has 0 spiro atoms. The summed E-state index contributed by atoms with van der Waals surface area (Å²) < 4.78 is 43.2. The van der Waals surface area contributed by atoms with E-state index in [1.807, 2.05) is 0 Å². The summed E-state index contributed by atoms with van der Waals surface area (Å²) in [6, 6.07) is 0. The molecule has 4 nitrogen and oxygen atoms in total. The van der Waals surface area contributed by atoms with Crippen LogP contribution in [0.2, 0.25) is 0 Å². The second-order valence-electron chi connectivity index (χ2n) is 4.33. The van der Waals surface area contributed by atoms with Crippen molar-refractivity contribution in [2.24, 2.45) is 5.92 Å². The van der Waals surface area contributed by atoms with Crippen molar-refractivity contribution in [2.75, 3.05) is 13.2 Å². The van der Waals surface area contributed by atoms with E-state index in [2.05, 4.69) is 5.10 Å². The molecular formula is C11H13F3N2O2. The second kappa shape index (κ2) is 5.09. The van der Waals surface area contributed by atoms with Gasteiger partial charge in [0.05, 0.1) is 11.8 Å². The summed E-state index contributed by atoms with van der Waals surface area (Å²) in [4.78, 5) is 11.0. The Kier molecular flexibility index (Phi) is 3.70. The Morgan fingerprint density at radius 2 is 2.11 bits per heavy atom. The van der Waals surface area contributed by atoms with Gasteiger partial charge < -0.3 is 4.74 Å². The van der Waals surface area contributed by atoms with Crippen LogP contribution in [0.5, 0.6) is 0 Å². The maximum atomic E-state index is 12.2. The fourth-order valence-electron chi connectivity index (χ4n) is 1.94. The summed E-state index contributed by atoms with van der Waals surface area (Å²) in [6.07, 6.45) is -0.988. The van der Waals surface area contributed by atoms with Crippen molar-refractivity contribution in [3.63, 3.8) is 0 Å². The van der Waals surface area contributed by atoms with E-state index in [-0.39, 0.29) is 0 Å². The van der Waals surface area contributed by atoms with Crippen molar-refractivity contribution in [1.82, 2.24) is 9.78 Å². The van der Waals surface area contributed by atoms with Crippen LogP contribution in [0, 0.1) is 5.92 Å². The van der Waals surface area contributed by atoms with E-state index in [0.29, 0.717) is 25.7 Å². The first-order valence-corrected chi connectivity index (χ1v) is 5.68. The van der Waals surface area contributed by atoms with Crippen LogP contribution in [0.4, 0.5) is 13.2 Å². The number of carbonyl (C=O) groups is 1. The van der Waals surface area contributed by atoms with Gasteiger partial charge in [0.1, 0.15) is 0 Å². The summed E-state index contributed by atoms with van der Waals surface area (Å²) in [6.45, 7) is 1.86. The van der Waals surface area contributed by atoms with Crippen molar-refractivity contribution >= 4 is 5.78 Å². The maximum absolute atomic E-state index is 12.2. The number of carbonyl (C=O) groups excluding carboxylic acids is 1. The number of hydrogen-bond acceptors (Lipinski definition) is 3. The van der Waals surface area contributed by atoms with Gasteiger partial charge in [-0.15, -0.1) is 0 Å². The predicted molar refractivity (Wildman–Crippen MR) is 56.2 cm³/mol. The third-order valence-corrected chi connectivity index (χ3v) is 2.94. The molecule has 1 aliphatic heterocycles. The largest absolute Gasteiger partial charge is 0.454 e. The van der Waals surface area contributed by atoms with Crippen molar-refractivity contribution in [3.8, 4) is 0 Å². The number of hydrogen-bond donors (Lipinski definition) is 0. The summed E-state index contributed by atoms with van der Waals surface area (Å²) in [5.74, 6) is -1.51. The minimum Gasteiger partial charge on any atom is -0.381 e. The number of nitrogens with zero attached hydrogens (tertiary/aromatic N) is 2. The Labute approximate surface area is 102 Å². The highest BCUT2D eigenvalue weighted by atomic mass is 19.4. The van der Waals surface area contributed by atoms with E-state index in [9.17, 15) is 18.0 Å². The number of halogens is 3. The number of Topliss-reactive ketones (excluding diaryl/α,β-unsaturated/α-hetero) is 1. The van der Waals surface area contributed by atoms with Gasteiger partial charge in [0.25, 0.3) is 5.78 Å². The molecule has 0 unspecified atom stereocenters. The van der Waals surface area contributed by atoms with Crippen LogP contribution in [0.15, 0.2) is 12.4 Å². The molecule has 1 aromatic heterocycles. The molecular weight excluding hydrogens is 249 g/mol. The summed E-state index contributed by atoms with van der Waals surface area (Å²) in [5, 5.41) is 3.80. The molecule has 1 fully saturated rings. The highest BCUT2D eigenvalue weighted by Crippen LogP contribution is 2.22. The average Bonchev–Trinajstić information content (AvgIpc) is 2.76. The summed E-state index contributed by atoms with van der Waals surface area (Å²) in [7, 11) is 0. The van der Waals surface area contributed by atoms with Crippen LogP contribution >= 0.6 is 0 Å². The molecule has 2 rings (SSSR count). The Morgan fingerprint density at radius 1 is 1.44 bits per heavy atom. The van der Waals surface area contributed by atoms with Crippen LogP contribution in [-0.2, 0) is 11.3 Å². The van der Waals surface area contributed by atoms with Crippen LogP contribution < -0.4 is 0 Å². The monoisotopic (exact) mass is 262 g/mol. The zero-order valence-corrected chi connectivity index (χ0v) is 9.61. The number of rotatable bonds is 3. The van der Waals surface area contributed by atoms with Crippen LogP contribution in [0.25, 0.3) is 0 Å². The quantitative estimate of drug-likeness (QED) is 0.783. The van der Waals surface area contributed by atoms with Crippen molar-refractivity contribution in [2.45, 2.75) is 25.6 Å². The molecule has 0 bridgehead atoms. The molecule has 2 heterocycles. The molecule has 7 heteroatoms. The third kappa shape index (κ3) is 3.10. The van der Waals surface area contributed by atoms with Gasteiger partial charge in [0, 0.05) is 26.0 Å². The molecule has 1 aliphatic rings. The van der Waals surface area contributed by atoms with Gasteiger partial charge >= 0.3 is 6.18 Å². The molecule has 0 aliphatic carbocycles. The lowest BCUT2D eigenvalue weighted by Crippen LogP contribution is -2.22. The van der Waals surface area contributed by atoms with E-state index in [0.717, 1.165) is 25.2 Å². The number of ketones is 1. The van der Waals surface area contributed by atoms with E-state index in [4.69, 9.17) is 4.74 Å². The SMILES string of the molecule is O=C(c1cnn(CC2CCOCC2)c1)C(F)(F)F. The normalized spacial score (nSPS) is 17.9. The lowest BCUT2D eigenvalue weighted by molar-refractivity contribution is -0.0885. The zero-order chi connectivity index (χ0) is 13.2. The van der Waals surface area contributed by atoms with E-state index < -0.39 is 17.5 Å². The lowest BCUT2D eigenvalue weighted by Gasteiger charge is -2.21. The van der Waals surface area contributed by atoms with Crippen molar-refractivity contribution in [3.05, 3.63) is 18.0 Å². The maximum Gasteiger partial charge on any atom is 0.454 e. The van der Waals surface area contributed by atoms with Gasteiger partial charge in [-0.3, -0.25) is 9.48 Å². The first-order chi connectivity index (χ1) is 8.47. The lowest BCUT2D eigenvalue weighted by atomic mass is 10.0. The summed E-state index contributed by atoms with van der Waals surface area (Å²) in [5.41, 5.74) is -0.408. The minimum absolute atomic E-state index is 0.340. The molecule has 18 heavy (non-hydrogen) atoms. The molecule has 1 aromatic rings. The fraction of sp³-hybridized carbons (Fsp3) is 0.636. The topological polar surface area (TPSA) is 44.1 Å².